The summed E-state index contributed by atoms with van der Waals surface area (Å²) in [6, 6.07) is 0. The fraction of sp³-hybridized carbons (Fsp3) is 0.786. The largest absolute Gasteiger partial charge is 0.368 e. The zero-order chi connectivity index (χ0) is 14.4. The Morgan fingerprint density at radius 1 is 1.10 bits per heavy atom. The molecule has 6 heteroatoms. The molecule has 2 heterocycles. The summed E-state index contributed by atoms with van der Waals surface area (Å²) in [5, 5.41) is 0. The van der Waals surface area contributed by atoms with Crippen molar-refractivity contribution in [3.63, 3.8) is 0 Å². The highest BCUT2D eigenvalue weighted by molar-refractivity contribution is 5.43. The first-order valence-electron chi connectivity index (χ1n) is 7.68. The molecule has 0 spiro atoms. The zero-order valence-electron chi connectivity index (χ0n) is 12.7. The molecule has 1 aromatic rings. The van der Waals surface area contributed by atoms with Crippen LogP contribution in [-0.2, 0) is 0 Å². The van der Waals surface area contributed by atoms with Crippen LogP contribution >= 0.6 is 0 Å². The molecule has 0 bridgehead atoms. The normalized spacial score (nSPS) is 15.4. The Kier molecular flexibility index (Phi) is 5.38. The fourth-order valence-corrected chi connectivity index (χ4v) is 2.47. The van der Waals surface area contributed by atoms with E-state index in [9.17, 15) is 0 Å². The molecule has 0 saturated carbocycles. The second kappa shape index (κ2) is 7.26. The number of nitrogen functional groups attached to an aromatic ring is 1. The quantitative estimate of drug-likeness (QED) is 0.803. The van der Waals surface area contributed by atoms with Gasteiger partial charge < -0.3 is 15.5 Å². The molecule has 1 fully saturated rings. The van der Waals surface area contributed by atoms with Gasteiger partial charge in [-0.1, -0.05) is 19.8 Å². The van der Waals surface area contributed by atoms with E-state index in [4.69, 9.17) is 5.73 Å². The maximum Gasteiger partial charge on any atom is 0.231 e. The molecule has 0 amide bonds. The minimum absolute atomic E-state index is 0.318. The van der Waals surface area contributed by atoms with Gasteiger partial charge in [0.05, 0.1) is 0 Å². The van der Waals surface area contributed by atoms with E-state index in [2.05, 4.69) is 31.7 Å². The maximum atomic E-state index is 5.84. The third-order valence-electron chi connectivity index (χ3n) is 3.71. The first-order chi connectivity index (χ1) is 9.70. The van der Waals surface area contributed by atoms with Crippen LogP contribution < -0.4 is 15.5 Å². The van der Waals surface area contributed by atoms with E-state index in [0.29, 0.717) is 11.9 Å². The van der Waals surface area contributed by atoms with Crippen LogP contribution in [0.3, 0.4) is 0 Å². The number of hydrogen-bond donors (Lipinski definition) is 1. The van der Waals surface area contributed by atoms with Gasteiger partial charge in [0.2, 0.25) is 17.8 Å². The summed E-state index contributed by atoms with van der Waals surface area (Å²) in [6.07, 6.45) is 7.29. The van der Waals surface area contributed by atoms with Gasteiger partial charge in [-0.05, 0) is 25.7 Å². The van der Waals surface area contributed by atoms with Crippen LogP contribution in [0, 0.1) is 0 Å². The number of piperidine rings is 1. The van der Waals surface area contributed by atoms with Crippen LogP contribution in [0.1, 0.15) is 45.4 Å². The Labute approximate surface area is 121 Å². The third-order valence-corrected chi connectivity index (χ3v) is 3.71. The van der Waals surface area contributed by atoms with Crippen LogP contribution in [0.15, 0.2) is 0 Å². The van der Waals surface area contributed by atoms with Crippen LogP contribution in [-0.4, -0.2) is 41.6 Å². The Balaban J connectivity index is 2.07. The average Bonchev–Trinajstić information content (AvgIpc) is 2.47. The van der Waals surface area contributed by atoms with Gasteiger partial charge in [-0.2, -0.15) is 15.0 Å². The highest BCUT2D eigenvalue weighted by Crippen LogP contribution is 2.19. The third kappa shape index (κ3) is 3.95. The molecule has 6 nitrogen and oxygen atoms in total. The highest BCUT2D eigenvalue weighted by Gasteiger charge is 2.16. The van der Waals surface area contributed by atoms with Gasteiger partial charge in [0, 0.05) is 26.7 Å². The van der Waals surface area contributed by atoms with E-state index in [1.165, 1.54) is 32.1 Å². The van der Waals surface area contributed by atoms with Gasteiger partial charge >= 0.3 is 0 Å². The van der Waals surface area contributed by atoms with Crippen molar-refractivity contribution in [1.29, 1.82) is 0 Å². The fourth-order valence-electron chi connectivity index (χ4n) is 2.47. The average molecular weight is 278 g/mol. The van der Waals surface area contributed by atoms with E-state index in [-0.39, 0.29) is 0 Å². The molecule has 0 aromatic carbocycles. The van der Waals surface area contributed by atoms with E-state index in [0.717, 1.165) is 32.0 Å². The molecule has 0 unspecified atom stereocenters. The molecule has 0 radical (unpaired) electrons. The molecular weight excluding hydrogens is 252 g/mol. The van der Waals surface area contributed by atoms with Gasteiger partial charge in [0.15, 0.2) is 0 Å². The first kappa shape index (κ1) is 14.8. The topological polar surface area (TPSA) is 71.2 Å². The van der Waals surface area contributed by atoms with E-state index in [1.54, 1.807) is 0 Å². The van der Waals surface area contributed by atoms with Crippen molar-refractivity contribution < 1.29 is 0 Å². The molecule has 1 aliphatic heterocycles. The predicted molar refractivity (Wildman–Crippen MR) is 83.1 cm³/mol. The Hall–Kier alpha value is -1.59. The lowest BCUT2D eigenvalue weighted by Gasteiger charge is -2.27. The number of hydrogen-bond acceptors (Lipinski definition) is 6. The molecule has 0 aliphatic carbocycles. The van der Waals surface area contributed by atoms with Gasteiger partial charge in [-0.3, -0.25) is 0 Å². The van der Waals surface area contributed by atoms with E-state index < -0.39 is 0 Å². The maximum absolute atomic E-state index is 5.84. The summed E-state index contributed by atoms with van der Waals surface area (Å²) in [5.41, 5.74) is 5.84. The van der Waals surface area contributed by atoms with Crippen molar-refractivity contribution in [2.45, 2.75) is 45.4 Å². The minimum Gasteiger partial charge on any atom is -0.368 e. The van der Waals surface area contributed by atoms with Crippen LogP contribution in [0.2, 0.25) is 0 Å². The summed E-state index contributed by atoms with van der Waals surface area (Å²) in [5.74, 6) is 1.74. The number of nitrogens with zero attached hydrogens (tertiary/aromatic N) is 5. The molecule has 2 N–H and O–H groups in total. The number of unbranched alkanes of at least 4 members (excludes halogenated alkanes) is 2. The van der Waals surface area contributed by atoms with Crippen molar-refractivity contribution in [1.82, 2.24) is 15.0 Å². The predicted octanol–water partition coefficient (Wildman–Crippen LogP) is 2.07. The van der Waals surface area contributed by atoms with Gasteiger partial charge in [-0.15, -0.1) is 0 Å². The number of rotatable bonds is 6. The van der Waals surface area contributed by atoms with Gasteiger partial charge in [0.1, 0.15) is 0 Å². The summed E-state index contributed by atoms with van der Waals surface area (Å²) < 4.78 is 0. The molecule has 1 aromatic heterocycles. The lowest BCUT2D eigenvalue weighted by molar-refractivity contribution is 0.567. The van der Waals surface area contributed by atoms with Crippen molar-refractivity contribution in [2.24, 2.45) is 0 Å². The van der Waals surface area contributed by atoms with Crippen LogP contribution in [0.5, 0.6) is 0 Å². The lowest BCUT2D eigenvalue weighted by Crippen LogP contribution is -2.32. The first-order valence-corrected chi connectivity index (χ1v) is 7.68. The van der Waals surface area contributed by atoms with Gasteiger partial charge in [0.25, 0.3) is 0 Å². The zero-order valence-corrected chi connectivity index (χ0v) is 12.7. The van der Waals surface area contributed by atoms with E-state index >= 15 is 0 Å². The monoisotopic (exact) mass is 278 g/mol. The molecular formula is C14H26N6. The summed E-state index contributed by atoms with van der Waals surface area (Å²) in [7, 11) is 2.02. The smallest absolute Gasteiger partial charge is 0.231 e. The van der Waals surface area contributed by atoms with Crippen molar-refractivity contribution in [3.05, 3.63) is 0 Å². The van der Waals surface area contributed by atoms with Crippen molar-refractivity contribution in [3.8, 4) is 0 Å². The van der Waals surface area contributed by atoms with Crippen molar-refractivity contribution >= 4 is 17.8 Å². The van der Waals surface area contributed by atoms with Gasteiger partial charge in [-0.25, -0.2) is 0 Å². The molecule has 1 saturated heterocycles. The Morgan fingerprint density at radius 2 is 1.85 bits per heavy atom. The second-order valence-electron chi connectivity index (χ2n) is 5.47. The van der Waals surface area contributed by atoms with E-state index in [1.807, 2.05) is 7.05 Å². The molecule has 2 rings (SSSR count). The molecule has 112 valence electrons. The number of anilines is 3. The molecule has 20 heavy (non-hydrogen) atoms. The lowest BCUT2D eigenvalue weighted by atomic mass is 10.1. The Morgan fingerprint density at radius 3 is 2.55 bits per heavy atom. The molecule has 0 atom stereocenters. The van der Waals surface area contributed by atoms with Crippen LogP contribution in [0.25, 0.3) is 0 Å². The minimum atomic E-state index is 0.318. The van der Waals surface area contributed by atoms with Crippen LogP contribution in [0.4, 0.5) is 17.8 Å². The number of nitrogens with two attached hydrogens (primary N) is 1. The second-order valence-corrected chi connectivity index (χ2v) is 5.47. The summed E-state index contributed by atoms with van der Waals surface area (Å²) in [6.45, 7) is 5.19. The molecule has 1 aliphatic rings. The SMILES string of the molecule is CCCCCN(C)c1nc(N)nc(N2CCCCC2)n1. The van der Waals surface area contributed by atoms with Crippen molar-refractivity contribution in [2.75, 3.05) is 42.2 Å². The number of aromatic nitrogens is 3. The Bertz CT molecular complexity index is 416. The highest BCUT2D eigenvalue weighted by atomic mass is 15.3. The summed E-state index contributed by atoms with van der Waals surface area (Å²) >= 11 is 0. The standard InChI is InChI=1S/C14H26N6/c1-3-4-6-9-19(2)13-16-12(15)17-14(18-13)20-10-7-5-8-11-20/h3-11H2,1-2H3,(H2,15,16,17,18). The summed E-state index contributed by atoms with van der Waals surface area (Å²) in [4.78, 5) is 17.4.